The number of nitriles is 1. The minimum absolute atomic E-state index is 0.0616. The molecule has 0 bridgehead atoms. The zero-order chi connectivity index (χ0) is 27.9. The Morgan fingerprint density at radius 2 is 1.87 bits per heavy atom. The topological polar surface area (TPSA) is 78.3 Å². The highest BCUT2D eigenvalue weighted by Gasteiger charge is 2.17. The summed E-state index contributed by atoms with van der Waals surface area (Å²) < 4.78 is 26.8. The summed E-state index contributed by atoms with van der Waals surface area (Å²) in [6, 6.07) is 17.0. The Hall–Kier alpha value is -3.57. The number of H-pyrrole nitrogens is 1. The number of Topliss-reactive ketones (excluding diaryl/α,β-unsaturated/α-hetero) is 1. The number of aromatic amines is 1. The number of nitrogens with one attached hydrogen (secondary N) is 1. The van der Waals surface area contributed by atoms with Crippen molar-refractivity contribution in [1.29, 1.82) is 5.26 Å². The maximum Gasteiger partial charge on any atom is 0.181 e. The molecule has 6 nitrogen and oxygen atoms in total. The molecule has 3 aromatic carbocycles. The Kier molecular flexibility index (Phi) is 9.47. The van der Waals surface area contributed by atoms with Gasteiger partial charge in [0.2, 0.25) is 0 Å². The van der Waals surface area contributed by atoms with Crippen LogP contribution in [-0.4, -0.2) is 42.9 Å². The molecule has 1 N–H and O–H groups in total. The lowest BCUT2D eigenvalue weighted by Crippen LogP contribution is -2.15. The molecule has 0 unspecified atom stereocenters. The average molecular weight is 568 g/mol. The molecule has 1 aromatic heterocycles. The Morgan fingerprint density at radius 3 is 2.64 bits per heavy atom. The number of nitrogens with zero attached hydrogens (tertiary/aromatic N) is 2. The Labute approximate surface area is 236 Å². The summed E-state index contributed by atoms with van der Waals surface area (Å²) in [5.41, 5.74) is 2.01. The van der Waals surface area contributed by atoms with Gasteiger partial charge in [0, 0.05) is 28.9 Å². The normalized spacial score (nSPS) is 11.1. The standard InChI is InChI=1S/C30H28Cl2FN3O3/c1-36(2)11-4-12-38-23-8-10-26-21(15-23)16-27(35-26)28(37)6-3-5-20-7-9-25(32)30(29(20)33)39-24-14-19(18-34)13-22(31)17-24/h7-10,13-17,35H,3-6,11-12H2,1-2H3. The molecule has 0 amide bonds. The van der Waals surface area contributed by atoms with Crippen LogP contribution in [0.15, 0.2) is 54.6 Å². The Morgan fingerprint density at radius 1 is 1.05 bits per heavy atom. The van der Waals surface area contributed by atoms with Gasteiger partial charge in [-0.2, -0.15) is 5.26 Å². The van der Waals surface area contributed by atoms with Crippen molar-refractivity contribution in [3.8, 4) is 23.3 Å². The minimum Gasteiger partial charge on any atom is -0.494 e. The summed E-state index contributed by atoms with van der Waals surface area (Å²) in [5, 5.41) is 10.4. The van der Waals surface area contributed by atoms with Gasteiger partial charge < -0.3 is 19.4 Å². The number of aromatic nitrogens is 1. The summed E-state index contributed by atoms with van der Waals surface area (Å²) in [6.45, 7) is 1.57. The van der Waals surface area contributed by atoms with E-state index >= 15 is 4.39 Å². The molecule has 0 saturated heterocycles. The maximum absolute atomic E-state index is 15.3. The number of hydrogen-bond donors (Lipinski definition) is 1. The fourth-order valence-electron chi connectivity index (χ4n) is 4.16. The number of ketones is 1. The van der Waals surface area contributed by atoms with E-state index in [1.165, 1.54) is 18.2 Å². The second-order valence-corrected chi connectivity index (χ2v) is 10.3. The zero-order valence-corrected chi connectivity index (χ0v) is 23.2. The van der Waals surface area contributed by atoms with Gasteiger partial charge in [0.05, 0.1) is 29.0 Å². The molecule has 0 fully saturated rings. The molecule has 4 rings (SSSR count). The van der Waals surface area contributed by atoms with Crippen LogP contribution in [0, 0.1) is 17.1 Å². The number of halogens is 3. The first-order valence-electron chi connectivity index (χ1n) is 12.5. The van der Waals surface area contributed by atoms with Gasteiger partial charge in [0.25, 0.3) is 0 Å². The lowest BCUT2D eigenvalue weighted by molar-refractivity contribution is 0.0976. The molecule has 0 aliphatic rings. The summed E-state index contributed by atoms with van der Waals surface area (Å²) in [5.74, 6) is 0.137. The molecule has 0 spiro atoms. The summed E-state index contributed by atoms with van der Waals surface area (Å²) in [4.78, 5) is 18.1. The highest BCUT2D eigenvalue weighted by molar-refractivity contribution is 6.32. The van der Waals surface area contributed by atoms with Gasteiger partial charge in [0.15, 0.2) is 17.3 Å². The third kappa shape index (κ3) is 7.51. The second kappa shape index (κ2) is 13.0. The number of carbonyl (C=O) groups excluding carboxylic acids is 1. The van der Waals surface area contributed by atoms with Crippen molar-refractivity contribution in [1.82, 2.24) is 9.88 Å². The lowest BCUT2D eigenvalue weighted by atomic mass is 10.0. The molecule has 39 heavy (non-hydrogen) atoms. The van der Waals surface area contributed by atoms with Crippen molar-refractivity contribution < 1.29 is 18.7 Å². The van der Waals surface area contributed by atoms with Gasteiger partial charge in [-0.1, -0.05) is 29.3 Å². The molecule has 4 aromatic rings. The number of rotatable bonds is 12. The molecule has 202 valence electrons. The predicted octanol–water partition coefficient (Wildman–Crippen LogP) is 7.81. The molecule has 9 heteroatoms. The summed E-state index contributed by atoms with van der Waals surface area (Å²) >= 11 is 12.2. The van der Waals surface area contributed by atoms with E-state index < -0.39 is 5.82 Å². The van der Waals surface area contributed by atoms with Crippen LogP contribution in [0.4, 0.5) is 4.39 Å². The molecular formula is C30H28Cl2FN3O3. The predicted molar refractivity (Wildman–Crippen MR) is 152 cm³/mol. The summed E-state index contributed by atoms with van der Waals surface area (Å²) in [6.07, 6.45) is 1.91. The SMILES string of the molecule is CN(C)CCCOc1ccc2[nH]c(C(=O)CCCc3ccc(Cl)c(Oc4cc(Cl)cc(C#N)c4)c3F)cc2c1. The van der Waals surface area contributed by atoms with E-state index in [1.54, 1.807) is 12.1 Å². The van der Waals surface area contributed by atoms with Crippen LogP contribution in [0.3, 0.4) is 0 Å². The maximum atomic E-state index is 15.3. The van der Waals surface area contributed by atoms with Gasteiger partial charge >= 0.3 is 0 Å². The van der Waals surface area contributed by atoms with E-state index in [0.717, 1.165) is 29.6 Å². The van der Waals surface area contributed by atoms with E-state index in [1.807, 2.05) is 44.4 Å². The molecule has 0 radical (unpaired) electrons. The highest BCUT2D eigenvalue weighted by Crippen LogP contribution is 2.35. The number of hydrogen-bond acceptors (Lipinski definition) is 5. The molecule has 0 atom stereocenters. The van der Waals surface area contributed by atoms with Gasteiger partial charge in [-0.25, -0.2) is 4.39 Å². The van der Waals surface area contributed by atoms with E-state index in [0.29, 0.717) is 30.7 Å². The van der Waals surface area contributed by atoms with Crippen molar-refractivity contribution in [2.45, 2.75) is 25.7 Å². The monoisotopic (exact) mass is 567 g/mol. The quantitative estimate of drug-likeness (QED) is 0.139. The number of ether oxygens (including phenoxy) is 2. The zero-order valence-electron chi connectivity index (χ0n) is 21.7. The van der Waals surface area contributed by atoms with Gasteiger partial charge in [-0.05, 0) is 87.5 Å². The fraction of sp³-hybridized carbons (Fsp3) is 0.267. The molecule has 0 aliphatic carbocycles. The first-order valence-corrected chi connectivity index (χ1v) is 13.3. The number of fused-ring (bicyclic) bond motifs is 1. The van der Waals surface area contributed by atoms with Crippen LogP contribution in [-0.2, 0) is 6.42 Å². The van der Waals surface area contributed by atoms with E-state index in [-0.39, 0.29) is 39.3 Å². The van der Waals surface area contributed by atoms with E-state index in [4.69, 9.17) is 37.9 Å². The second-order valence-electron chi connectivity index (χ2n) is 9.45. The number of aryl methyl sites for hydroxylation is 1. The van der Waals surface area contributed by atoms with Gasteiger partial charge in [-0.15, -0.1) is 0 Å². The van der Waals surface area contributed by atoms with Crippen molar-refractivity contribution in [3.05, 3.63) is 87.3 Å². The van der Waals surface area contributed by atoms with Crippen LogP contribution in [0.2, 0.25) is 10.0 Å². The lowest BCUT2D eigenvalue weighted by Gasteiger charge is -2.12. The molecule has 0 aliphatic heterocycles. The van der Waals surface area contributed by atoms with Crippen LogP contribution >= 0.6 is 23.2 Å². The van der Waals surface area contributed by atoms with Gasteiger partial charge in [0.1, 0.15) is 11.5 Å². The van der Waals surface area contributed by atoms with E-state index in [9.17, 15) is 4.79 Å². The third-order valence-electron chi connectivity index (χ3n) is 6.11. The van der Waals surface area contributed by atoms with Crippen LogP contribution < -0.4 is 9.47 Å². The van der Waals surface area contributed by atoms with E-state index in [2.05, 4.69) is 9.88 Å². The number of benzene rings is 3. The molecule has 1 heterocycles. The van der Waals surface area contributed by atoms with Crippen LogP contribution in [0.25, 0.3) is 10.9 Å². The van der Waals surface area contributed by atoms with Crippen molar-refractivity contribution >= 4 is 39.9 Å². The van der Waals surface area contributed by atoms with Crippen molar-refractivity contribution in [3.63, 3.8) is 0 Å². The highest BCUT2D eigenvalue weighted by atomic mass is 35.5. The third-order valence-corrected chi connectivity index (χ3v) is 6.63. The van der Waals surface area contributed by atoms with Crippen LogP contribution in [0.1, 0.15) is 40.9 Å². The smallest absolute Gasteiger partial charge is 0.181 e. The van der Waals surface area contributed by atoms with Crippen molar-refractivity contribution in [2.75, 3.05) is 27.2 Å². The van der Waals surface area contributed by atoms with Gasteiger partial charge in [-0.3, -0.25) is 4.79 Å². The Bertz CT molecular complexity index is 1530. The first-order chi connectivity index (χ1) is 18.7. The first kappa shape index (κ1) is 28.4. The molecule has 0 saturated carbocycles. The van der Waals surface area contributed by atoms with Crippen LogP contribution in [0.5, 0.6) is 17.2 Å². The minimum atomic E-state index is -0.614. The largest absolute Gasteiger partial charge is 0.494 e. The summed E-state index contributed by atoms with van der Waals surface area (Å²) in [7, 11) is 4.05. The molecular weight excluding hydrogens is 540 g/mol. The Balaban J connectivity index is 1.37. The average Bonchev–Trinajstić information content (AvgIpc) is 3.33. The fourth-order valence-corrected chi connectivity index (χ4v) is 4.57. The van der Waals surface area contributed by atoms with Crippen molar-refractivity contribution in [2.24, 2.45) is 0 Å². The number of carbonyl (C=O) groups is 1.